The molecule has 0 N–H and O–H groups in total. The van der Waals surface area contributed by atoms with Crippen LogP contribution in [0.15, 0.2) is 16.6 Å². The van der Waals surface area contributed by atoms with Gasteiger partial charge in [-0.1, -0.05) is 6.07 Å². The van der Waals surface area contributed by atoms with Crippen LogP contribution in [0.3, 0.4) is 0 Å². The Balaban J connectivity index is 2.40. The molecule has 0 radical (unpaired) electrons. The summed E-state index contributed by atoms with van der Waals surface area (Å²) in [6.07, 6.45) is 0.477. The molecule has 1 saturated heterocycles. The van der Waals surface area contributed by atoms with Gasteiger partial charge in [-0.3, -0.25) is 9.59 Å². The van der Waals surface area contributed by atoms with Crippen molar-refractivity contribution in [1.29, 1.82) is 0 Å². The zero-order chi connectivity index (χ0) is 12.6. The summed E-state index contributed by atoms with van der Waals surface area (Å²) in [6.45, 7) is 4.49. The average Bonchev–Trinajstić information content (AvgIpc) is 2.19. The van der Waals surface area contributed by atoms with Crippen LogP contribution in [0.4, 0.5) is 5.69 Å². The number of ketones is 1. The summed E-state index contributed by atoms with van der Waals surface area (Å²) in [4.78, 5) is 24.8. The average molecular weight is 296 g/mol. The third-order valence-electron chi connectivity index (χ3n) is 2.93. The molecule has 0 atom stereocenters. The van der Waals surface area contributed by atoms with Crippen molar-refractivity contribution in [2.75, 3.05) is 11.4 Å². The van der Waals surface area contributed by atoms with Crippen LogP contribution in [0.2, 0.25) is 0 Å². The zero-order valence-electron chi connectivity index (χ0n) is 9.92. The number of carbonyl (C=O) groups is 2. The van der Waals surface area contributed by atoms with E-state index in [9.17, 15) is 9.59 Å². The number of piperidine rings is 1. The highest BCUT2D eigenvalue weighted by molar-refractivity contribution is 9.10. The summed E-state index contributed by atoms with van der Waals surface area (Å²) in [5, 5.41) is 0. The molecule has 0 unspecified atom stereocenters. The van der Waals surface area contributed by atoms with E-state index >= 15 is 0 Å². The maximum Gasteiger partial charge on any atom is 0.234 e. The third kappa shape index (κ3) is 2.41. The Morgan fingerprint density at radius 1 is 1.24 bits per heavy atom. The molecule has 0 spiro atoms. The minimum atomic E-state index is -0.103. The molecule has 2 rings (SSSR count). The van der Waals surface area contributed by atoms with E-state index in [1.165, 1.54) is 0 Å². The molecule has 1 aromatic rings. The summed E-state index contributed by atoms with van der Waals surface area (Å²) in [5.41, 5.74) is 3.10. The number of halogens is 1. The second-order valence-corrected chi connectivity index (χ2v) is 5.28. The van der Waals surface area contributed by atoms with E-state index in [0.717, 1.165) is 21.3 Å². The van der Waals surface area contributed by atoms with E-state index in [2.05, 4.69) is 15.9 Å². The van der Waals surface area contributed by atoms with Crippen LogP contribution in [0.1, 0.15) is 24.0 Å². The molecule has 0 aliphatic carbocycles. The zero-order valence-corrected chi connectivity index (χ0v) is 11.5. The van der Waals surface area contributed by atoms with Crippen LogP contribution >= 0.6 is 15.9 Å². The fraction of sp³-hybridized carbons (Fsp3) is 0.385. The SMILES string of the molecule is Cc1cc(C)c(N2CCC(=O)CC2=O)c(Br)c1. The van der Waals surface area contributed by atoms with Gasteiger partial charge in [-0.05, 0) is 47.0 Å². The number of hydrogen-bond acceptors (Lipinski definition) is 2. The molecule has 0 saturated carbocycles. The van der Waals surface area contributed by atoms with Gasteiger partial charge in [0, 0.05) is 17.4 Å². The molecular weight excluding hydrogens is 282 g/mol. The van der Waals surface area contributed by atoms with Gasteiger partial charge in [0.05, 0.1) is 12.1 Å². The van der Waals surface area contributed by atoms with E-state index in [4.69, 9.17) is 0 Å². The van der Waals surface area contributed by atoms with Gasteiger partial charge in [-0.2, -0.15) is 0 Å². The molecule has 1 amide bonds. The van der Waals surface area contributed by atoms with Crippen molar-refractivity contribution in [2.24, 2.45) is 0 Å². The highest BCUT2D eigenvalue weighted by Gasteiger charge is 2.27. The van der Waals surface area contributed by atoms with Crippen molar-refractivity contribution in [3.05, 3.63) is 27.7 Å². The lowest BCUT2D eigenvalue weighted by atomic mass is 10.0. The van der Waals surface area contributed by atoms with E-state index < -0.39 is 0 Å². The number of rotatable bonds is 1. The quantitative estimate of drug-likeness (QED) is 0.747. The minimum Gasteiger partial charge on any atom is -0.310 e. The predicted molar refractivity (Wildman–Crippen MR) is 70.2 cm³/mol. The summed E-state index contributed by atoms with van der Waals surface area (Å²) in [6, 6.07) is 4.04. The van der Waals surface area contributed by atoms with Crippen LogP contribution in [0.25, 0.3) is 0 Å². The van der Waals surface area contributed by atoms with Gasteiger partial charge in [-0.15, -0.1) is 0 Å². The molecular formula is C13H14BrNO2. The molecule has 1 aromatic carbocycles. The normalized spacial score (nSPS) is 16.5. The lowest BCUT2D eigenvalue weighted by Gasteiger charge is -2.28. The smallest absolute Gasteiger partial charge is 0.234 e. The lowest BCUT2D eigenvalue weighted by Crippen LogP contribution is -2.39. The first kappa shape index (κ1) is 12.3. The standard InChI is InChI=1S/C13H14BrNO2/c1-8-5-9(2)13(11(14)6-8)15-4-3-10(16)7-12(15)17/h5-6H,3-4,7H2,1-2H3. The van der Waals surface area contributed by atoms with Crippen molar-refractivity contribution in [3.8, 4) is 0 Å². The van der Waals surface area contributed by atoms with E-state index in [1.54, 1.807) is 4.90 Å². The molecule has 17 heavy (non-hydrogen) atoms. The topological polar surface area (TPSA) is 37.4 Å². The van der Waals surface area contributed by atoms with Crippen molar-refractivity contribution < 1.29 is 9.59 Å². The Morgan fingerprint density at radius 2 is 1.94 bits per heavy atom. The number of anilines is 1. The molecule has 1 heterocycles. The number of aryl methyl sites for hydroxylation is 2. The molecule has 0 aromatic heterocycles. The van der Waals surface area contributed by atoms with Crippen LogP contribution in [0, 0.1) is 13.8 Å². The fourth-order valence-corrected chi connectivity index (χ4v) is 3.09. The minimum absolute atomic E-state index is 0.0275. The maximum atomic E-state index is 11.9. The van der Waals surface area contributed by atoms with E-state index in [0.29, 0.717) is 13.0 Å². The number of carbonyl (C=O) groups excluding carboxylic acids is 2. The van der Waals surface area contributed by atoms with Gasteiger partial charge in [0.1, 0.15) is 5.78 Å². The van der Waals surface area contributed by atoms with Crippen molar-refractivity contribution >= 4 is 33.3 Å². The Morgan fingerprint density at radius 3 is 2.53 bits per heavy atom. The monoisotopic (exact) mass is 295 g/mol. The second-order valence-electron chi connectivity index (χ2n) is 4.42. The maximum absolute atomic E-state index is 11.9. The van der Waals surface area contributed by atoms with Crippen LogP contribution in [0.5, 0.6) is 0 Å². The van der Waals surface area contributed by atoms with Crippen molar-refractivity contribution in [1.82, 2.24) is 0 Å². The molecule has 0 bridgehead atoms. The molecule has 3 nitrogen and oxygen atoms in total. The Hall–Kier alpha value is -1.16. The number of amides is 1. The highest BCUT2D eigenvalue weighted by atomic mass is 79.9. The van der Waals surface area contributed by atoms with Gasteiger partial charge in [-0.25, -0.2) is 0 Å². The summed E-state index contributed by atoms with van der Waals surface area (Å²) in [7, 11) is 0. The van der Waals surface area contributed by atoms with Crippen LogP contribution < -0.4 is 4.90 Å². The summed E-state index contributed by atoms with van der Waals surface area (Å²) in [5.74, 6) is -0.0685. The van der Waals surface area contributed by atoms with Gasteiger partial charge < -0.3 is 4.90 Å². The molecule has 4 heteroatoms. The number of Topliss-reactive ketones (excluding diaryl/α,β-unsaturated/α-hetero) is 1. The largest absolute Gasteiger partial charge is 0.310 e. The Labute approximate surface area is 109 Å². The first-order valence-corrected chi connectivity index (χ1v) is 6.37. The second kappa shape index (κ2) is 4.61. The molecule has 1 aliphatic rings. The number of hydrogen-bond donors (Lipinski definition) is 0. The Bertz CT molecular complexity index is 473. The van der Waals surface area contributed by atoms with E-state index in [-0.39, 0.29) is 18.1 Å². The van der Waals surface area contributed by atoms with Gasteiger partial charge in [0.2, 0.25) is 5.91 Å². The van der Waals surface area contributed by atoms with Crippen LogP contribution in [-0.2, 0) is 9.59 Å². The van der Waals surface area contributed by atoms with Crippen molar-refractivity contribution in [3.63, 3.8) is 0 Å². The van der Waals surface area contributed by atoms with Gasteiger partial charge in [0.25, 0.3) is 0 Å². The van der Waals surface area contributed by atoms with Crippen LogP contribution in [-0.4, -0.2) is 18.2 Å². The molecule has 90 valence electrons. The first-order valence-electron chi connectivity index (χ1n) is 5.58. The van der Waals surface area contributed by atoms with E-state index in [1.807, 2.05) is 26.0 Å². The molecule has 1 aliphatic heterocycles. The summed E-state index contributed by atoms with van der Waals surface area (Å²) >= 11 is 3.50. The van der Waals surface area contributed by atoms with Gasteiger partial charge in [0.15, 0.2) is 0 Å². The number of nitrogens with zero attached hydrogens (tertiary/aromatic N) is 1. The third-order valence-corrected chi connectivity index (χ3v) is 3.54. The predicted octanol–water partition coefficient (Wildman–Crippen LogP) is 2.76. The van der Waals surface area contributed by atoms with Crippen molar-refractivity contribution in [2.45, 2.75) is 26.7 Å². The number of benzene rings is 1. The summed E-state index contributed by atoms with van der Waals surface area (Å²) < 4.78 is 0.915. The lowest BCUT2D eigenvalue weighted by molar-refractivity contribution is -0.128. The Kier molecular flexibility index (Phi) is 3.33. The highest BCUT2D eigenvalue weighted by Crippen LogP contribution is 2.33. The van der Waals surface area contributed by atoms with Gasteiger partial charge >= 0.3 is 0 Å². The first-order chi connectivity index (χ1) is 7.99. The molecule has 1 fully saturated rings. The fourth-order valence-electron chi connectivity index (χ4n) is 2.20.